The van der Waals surface area contributed by atoms with Crippen LogP contribution in [-0.2, 0) is 9.84 Å². The molecule has 1 aromatic carbocycles. The molecule has 0 fully saturated rings. The minimum Gasteiger partial charge on any atom is -0.493 e. The highest BCUT2D eigenvalue weighted by atomic mass is 32.2. The number of rotatable bonds is 7. The third-order valence-corrected chi connectivity index (χ3v) is 6.08. The van der Waals surface area contributed by atoms with Crippen molar-refractivity contribution in [3.8, 4) is 11.5 Å². The highest BCUT2D eigenvalue weighted by molar-refractivity contribution is 7.90. The zero-order valence-electron chi connectivity index (χ0n) is 15.6. The lowest BCUT2D eigenvalue weighted by Crippen LogP contribution is -2.38. The van der Waals surface area contributed by atoms with Crippen molar-refractivity contribution in [1.29, 1.82) is 0 Å². The molecule has 2 aromatic rings. The number of thiophene rings is 1. The summed E-state index contributed by atoms with van der Waals surface area (Å²) in [6.07, 6.45) is 1.06. The van der Waals surface area contributed by atoms with Crippen LogP contribution >= 0.6 is 11.3 Å². The van der Waals surface area contributed by atoms with Crippen LogP contribution in [0.4, 0.5) is 5.00 Å². The number of hydrogen-bond donors (Lipinski definition) is 1. The number of carbonyl (C=O) groups is 2. The Kier molecular flexibility index (Phi) is 5.35. The molecule has 1 atom stereocenters. The number of nitrogens with zero attached hydrogens (tertiary/aromatic N) is 1. The van der Waals surface area contributed by atoms with Crippen LogP contribution in [0.2, 0.25) is 0 Å². The highest BCUT2D eigenvalue weighted by Gasteiger charge is 2.44. The minimum absolute atomic E-state index is 0.131. The van der Waals surface area contributed by atoms with E-state index in [0.29, 0.717) is 23.7 Å². The van der Waals surface area contributed by atoms with Crippen molar-refractivity contribution < 1.29 is 27.5 Å². The lowest BCUT2D eigenvalue weighted by molar-refractivity contribution is 0.0598. The van der Waals surface area contributed by atoms with E-state index in [0.717, 1.165) is 22.5 Å². The largest absolute Gasteiger partial charge is 0.493 e. The van der Waals surface area contributed by atoms with Crippen LogP contribution in [0.1, 0.15) is 39.2 Å². The van der Waals surface area contributed by atoms with Gasteiger partial charge < -0.3 is 15.2 Å². The molecule has 0 aliphatic carbocycles. The Morgan fingerprint density at radius 3 is 2.50 bits per heavy atom. The number of carbonyl (C=O) groups excluding carboxylic acids is 2. The summed E-state index contributed by atoms with van der Waals surface area (Å²) >= 11 is 1.11. The van der Waals surface area contributed by atoms with Gasteiger partial charge in [-0.05, 0) is 24.6 Å². The second-order valence-electron chi connectivity index (χ2n) is 6.32. The first kappa shape index (κ1) is 20.2. The maximum atomic E-state index is 12.9. The third kappa shape index (κ3) is 3.57. The minimum atomic E-state index is -3.52. The highest BCUT2D eigenvalue weighted by Crippen LogP contribution is 2.39. The summed E-state index contributed by atoms with van der Waals surface area (Å²) in [6, 6.07) is 3.81. The Hall–Kier alpha value is -2.59. The van der Waals surface area contributed by atoms with Crippen LogP contribution in [0, 0.1) is 0 Å². The van der Waals surface area contributed by atoms with Crippen LogP contribution < -0.4 is 15.2 Å². The SMILES string of the molecule is CCOc1ccc(C(CS(C)(=O)=O)N2C(=O)c3csc(N)c3C2=O)cc1OC. The Morgan fingerprint density at radius 1 is 1.21 bits per heavy atom. The fourth-order valence-corrected chi connectivity index (χ4v) is 4.84. The van der Waals surface area contributed by atoms with Crippen LogP contribution in [0.5, 0.6) is 11.5 Å². The summed E-state index contributed by atoms with van der Waals surface area (Å²) in [5, 5.41) is 1.75. The lowest BCUT2D eigenvalue weighted by Gasteiger charge is -2.27. The number of benzene rings is 1. The molecule has 10 heteroatoms. The van der Waals surface area contributed by atoms with Gasteiger partial charge in [-0.1, -0.05) is 6.07 Å². The number of nitrogens with two attached hydrogens (primary N) is 1. The van der Waals surface area contributed by atoms with Crippen LogP contribution in [0.25, 0.3) is 0 Å². The topological polar surface area (TPSA) is 116 Å². The van der Waals surface area contributed by atoms with E-state index >= 15 is 0 Å². The Labute approximate surface area is 166 Å². The second-order valence-corrected chi connectivity index (χ2v) is 9.42. The van der Waals surface area contributed by atoms with Gasteiger partial charge in [0.1, 0.15) is 9.84 Å². The summed E-state index contributed by atoms with van der Waals surface area (Å²) in [5.41, 5.74) is 6.61. The summed E-state index contributed by atoms with van der Waals surface area (Å²) in [4.78, 5) is 26.7. The van der Waals surface area contributed by atoms with Gasteiger partial charge in [0.15, 0.2) is 11.5 Å². The summed E-state index contributed by atoms with van der Waals surface area (Å²) in [7, 11) is -2.07. The van der Waals surface area contributed by atoms with E-state index in [-0.39, 0.29) is 16.1 Å². The zero-order chi connectivity index (χ0) is 20.6. The fraction of sp³-hybridized carbons (Fsp3) is 0.333. The van der Waals surface area contributed by atoms with E-state index in [1.807, 2.05) is 6.92 Å². The van der Waals surface area contributed by atoms with Crippen molar-refractivity contribution in [3.05, 3.63) is 40.3 Å². The van der Waals surface area contributed by atoms with Gasteiger partial charge in [0, 0.05) is 11.6 Å². The normalized spacial score (nSPS) is 14.9. The monoisotopic (exact) mass is 424 g/mol. The van der Waals surface area contributed by atoms with Gasteiger partial charge in [0.05, 0.1) is 41.6 Å². The van der Waals surface area contributed by atoms with Crippen molar-refractivity contribution in [2.24, 2.45) is 0 Å². The molecule has 1 aliphatic rings. The van der Waals surface area contributed by atoms with Crippen molar-refractivity contribution >= 4 is 38.0 Å². The molecule has 1 aliphatic heterocycles. The molecule has 0 saturated heterocycles. The Bertz CT molecular complexity index is 1040. The molecule has 0 radical (unpaired) electrons. The van der Waals surface area contributed by atoms with Gasteiger partial charge in [0.25, 0.3) is 11.8 Å². The maximum absolute atomic E-state index is 12.9. The first-order valence-electron chi connectivity index (χ1n) is 8.41. The van der Waals surface area contributed by atoms with E-state index < -0.39 is 33.4 Å². The summed E-state index contributed by atoms with van der Waals surface area (Å²) < 4.78 is 34.9. The van der Waals surface area contributed by atoms with Crippen molar-refractivity contribution in [1.82, 2.24) is 4.90 Å². The molecular weight excluding hydrogens is 404 g/mol. The second kappa shape index (κ2) is 7.44. The van der Waals surface area contributed by atoms with E-state index in [9.17, 15) is 18.0 Å². The number of amides is 2. The van der Waals surface area contributed by atoms with Crippen LogP contribution in [0.15, 0.2) is 23.6 Å². The van der Waals surface area contributed by atoms with Gasteiger partial charge in [-0.25, -0.2) is 8.42 Å². The predicted molar refractivity (Wildman–Crippen MR) is 106 cm³/mol. The molecule has 28 heavy (non-hydrogen) atoms. The van der Waals surface area contributed by atoms with E-state index in [4.69, 9.17) is 15.2 Å². The Morgan fingerprint density at radius 2 is 1.93 bits per heavy atom. The molecule has 150 valence electrons. The smallest absolute Gasteiger partial charge is 0.265 e. The fourth-order valence-electron chi connectivity index (χ4n) is 3.15. The van der Waals surface area contributed by atoms with Gasteiger partial charge in [-0.3, -0.25) is 14.5 Å². The van der Waals surface area contributed by atoms with Crippen molar-refractivity contribution in [3.63, 3.8) is 0 Å². The predicted octanol–water partition coefficient (Wildman–Crippen LogP) is 2.12. The number of imide groups is 1. The molecule has 1 unspecified atom stereocenters. The molecule has 0 bridgehead atoms. The van der Waals surface area contributed by atoms with Crippen molar-refractivity contribution in [2.75, 3.05) is 31.5 Å². The molecule has 2 amide bonds. The third-order valence-electron chi connectivity index (χ3n) is 4.35. The van der Waals surface area contributed by atoms with E-state index in [2.05, 4.69) is 0 Å². The number of sulfone groups is 1. The van der Waals surface area contributed by atoms with Gasteiger partial charge in [0.2, 0.25) is 0 Å². The average Bonchev–Trinajstić information content (AvgIpc) is 3.12. The maximum Gasteiger partial charge on any atom is 0.265 e. The molecular formula is C18H20N2O6S2. The molecule has 0 saturated carbocycles. The number of fused-ring (bicyclic) bond motifs is 1. The van der Waals surface area contributed by atoms with Crippen LogP contribution in [-0.4, -0.2) is 50.9 Å². The van der Waals surface area contributed by atoms with Gasteiger partial charge in [-0.2, -0.15) is 0 Å². The molecule has 1 aromatic heterocycles. The first-order valence-corrected chi connectivity index (χ1v) is 11.3. The number of methoxy groups -OCH3 is 1. The number of ether oxygens (including phenoxy) is 2. The number of anilines is 1. The molecule has 0 spiro atoms. The molecule has 2 heterocycles. The lowest BCUT2D eigenvalue weighted by atomic mass is 10.1. The van der Waals surface area contributed by atoms with E-state index in [1.54, 1.807) is 18.2 Å². The quantitative estimate of drug-likeness (QED) is 0.677. The number of nitrogen functional groups attached to an aromatic ring is 1. The van der Waals surface area contributed by atoms with Crippen molar-refractivity contribution in [2.45, 2.75) is 13.0 Å². The first-order chi connectivity index (χ1) is 13.2. The average molecular weight is 425 g/mol. The zero-order valence-corrected chi connectivity index (χ0v) is 17.2. The van der Waals surface area contributed by atoms with E-state index in [1.165, 1.54) is 12.5 Å². The molecule has 2 N–H and O–H groups in total. The van der Waals surface area contributed by atoms with Gasteiger partial charge >= 0.3 is 0 Å². The molecule has 8 nitrogen and oxygen atoms in total. The van der Waals surface area contributed by atoms with Crippen LogP contribution in [0.3, 0.4) is 0 Å². The molecule has 3 rings (SSSR count). The summed E-state index contributed by atoms with van der Waals surface area (Å²) in [6.45, 7) is 2.24. The standard InChI is InChI=1S/C18H20N2O6S2/c1-4-26-13-6-5-10(7-14(13)25-2)12(9-28(3,23)24)20-17(21)11-8-27-16(19)15(11)18(20)22/h5-8,12H,4,9,19H2,1-3H3. The van der Waals surface area contributed by atoms with Gasteiger partial charge in [-0.15, -0.1) is 11.3 Å². The Balaban J connectivity index is 2.09. The number of hydrogen-bond acceptors (Lipinski definition) is 8. The summed E-state index contributed by atoms with van der Waals surface area (Å²) in [5.74, 6) is -0.718.